The summed E-state index contributed by atoms with van der Waals surface area (Å²) in [7, 11) is 0. The molecule has 6 aromatic heterocycles. The van der Waals surface area contributed by atoms with E-state index in [0.717, 1.165) is 197 Å². The van der Waals surface area contributed by atoms with Crippen LogP contribution < -0.4 is 19.9 Å². The van der Waals surface area contributed by atoms with Gasteiger partial charge < -0.3 is 30.1 Å². The Labute approximate surface area is 722 Å². The fourth-order valence-electron chi connectivity index (χ4n) is 16.5. The van der Waals surface area contributed by atoms with Crippen molar-refractivity contribution in [2.24, 2.45) is 0 Å². The summed E-state index contributed by atoms with van der Waals surface area (Å²) in [4.78, 5) is 43.3. The Morgan fingerprint density at radius 2 is 0.454 bits per heavy atom. The van der Waals surface area contributed by atoms with Crippen molar-refractivity contribution < 1.29 is 49.2 Å². The van der Waals surface area contributed by atoms with E-state index < -0.39 is 0 Å². The number of aryl methyl sites for hydroxylation is 6. The van der Waals surface area contributed by atoms with E-state index in [1.54, 1.807) is 0 Å². The van der Waals surface area contributed by atoms with Gasteiger partial charge in [-0.2, -0.15) is 0 Å². The molecule has 10 nitrogen and oxygen atoms in total. The van der Waals surface area contributed by atoms with E-state index >= 15 is 0 Å². The van der Waals surface area contributed by atoms with Crippen LogP contribution in [0.15, 0.2) is 268 Å². The first-order chi connectivity index (χ1) is 57.1. The summed E-state index contributed by atoms with van der Waals surface area (Å²) >= 11 is 0. The molecule has 10 heterocycles. The van der Waals surface area contributed by atoms with Gasteiger partial charge in [0, 0.05) is 13.2 Å². The number of hydrogen-bond donors (Lipinski definition) is 2. The predicted molar refractivity (Wildman–Crippen MR) is 489 cm³/mol. The largest absolute Gasteiger partial charge is 2.00 e. The van der Waals surface area contributed by atoms with Crippen molar-refractivity contribution in [3.05, 3.63) is 358 Å². The quantitative estimate of drug-likeness (QED) is 0.0628. The van der Waals surface area contributed by atoms with Gasteiger partial charge >= 0.3 is 39.0 Å². The maximum atomic E-state index is 9.93. The summed E-state index contributed by atoms with van der Waals surface area (Å²) in [5, 5.41) is 19.9. The molecular weight excluding hydrogens is 1560 g/mol. The minimum Gasteiger partial charge on any atom is -0.657 e. The van der Waals surface area contributed by atoms with Gasteiger partial charge in [-0.05, 0) is 227 Å². The van der Waals surface area contributed by atoms with Gasteiger partial charge in [-0.25, -0.2) is 19.9 Å². The van der Waals surface area contributed by atoms with Crippen LogP contribution in [0.25, 0.3) is 182 Å². The first kappa shape index (κ1) is 81.7. The Morgan fingerprint density at radius 1 is 0.277 bits per heavy atom. The number of nitrogens with zero attached hydrogens (tertiary/aromatic N) is 8. The molecule has 0 atom stereocenters. The maximum Gasteiger partial charge on any atom is 2.00 e. The molecule has 12 heteroatoms. The van der Waals surface area contributed by atoms with Crippen LogP contribution in [-0.2, 0) is 44.4 Å². The third kappa shape index (κ3) is 16.8. The van der Waals surface area contributed by atoms with Crippen molar-refractivity contribution >= 4 is 92.7 Å². The van der Waals surface area contributed by atoms with E-state index in [9.17, 15) is 10.2 Å². The van der Waals surface area contributed by atoms with Crippen LogP contribution in [-0.4, -0.2) is 43.4 Å². The molecule has 0 saturated heterocycles. The summed E-state index contributed by atoms with van der Waals surface area (Å²) in [5.41, 5.74) is 38.4. The molecule has 2 N–H and O–H groups in total. The normalized spacial score (nSPS) is 12.0. The molecule has 0 amide bonds. The van der Waals surface area contributed by atoms with Crippen molar-refractivity contribution in [3.8, 4) is 89.0 Å². The molecular formula is C107H90N8O2Zn2. The van der Waals surface area contributed by atoms with Gasteiger partial charge in [0.2, 0.25) is 0 Å². The van der Waals surface area contributed by atoms with Gasteiger partial charge in [-0.1, -0.05) is 295 Å². The van der Waals surface area contributed by atoms with Gasteiger partial charge in [-0.3, -0.25) is 0 Å². The van der Waals surface area contributed by atoms with Gasteiger partial charge in [0.05, 0.1) is 45.6 Å². The second kappa shape index (κ2) is 35.4. The molecule has 14 aromatic rings. The van der Waals surface area contributed by atoms with Crippen molar-refractivity contribution in [1.82, 2.24) is 39.9 Å². The van der Waals surface area contributed by atoms with Gasteiger partial charge in [0.25, 0.3) is 0 Å². The molecule has 574 valence electrons. The van der Waals surface area contributed by atoms with E-state index in [4.69, 9.17) is 39.9 Å². The first-order valence-corrected chi connectivity index (χ1v) is 40.3. The second-order valence-electron chi connectivity index (χ2n) is 31.4. The molecule has 0 unspecified atom stereocenters. The minimum absolute atomic E-state index is 0. The minimum atomic E-state index is -0.367. The van der Waals surface area contributed by atoms with E-state index in [-0.39, 0.29) is 57.6 Å². The number of allylic oxidation sites excluding steroid dienone is 2. The van der Waals surface area contributed by atoms with E-state index in [1.165, 1.54) is 38.9 Å². The standard InChI is InChI=1S/C54H44N4.C53H46N4O2.2Zn/c1-6-8-37(9-7-2)38-22-24-42(25-23-38)54-49-32-30-47(57-49)52(40-18-12-35(4)13-19-40)45-28-26-43(55-45)51(39-16-10-34(3)11-17-39)44-27-29-46(56-44)53(48-31-33-50(54)58-48)41-20-14-36(5)15-21-41;1-33-5-11-36(12-6-33)49-41-21-23-43(54-41)50(37-13-7-34(2)8-14-37)45-25-27-47(56-45)52(39-17-19-40(20-18-39)53(4,29-31-58)30-32-59)48-28-26-46(57-48)51(44-24-22-42(49)55-44)38-15-9-35(3)10-16-38;;/h6-7,10-33,37H,1-2,8-9H2,3-5H3;5-28,58-59H,29-32H2,1-4H3;;/q2*-2;2*+2. The van der Waals surface area contributed by atoms with Crippen molar-refractivity contribution in [2.45, 2.75) is 85.5 Å². The number of aliphatic hydroxyl groups is 2. The number of benzene rings is 8. The third-order valence-corrected chi connectivity index (χ3v) is 23.0. The maximum absolute atomic E-state index is 9.93. The van der Waals surface area contributed by atoms with E-state index in [1.807, 2.05) is 12.2 Å². The fraction of sp³-hybridized carbons (Fsp3) is 0.140. The summed E-state index contributed by atoms with van der Waals surface area (Å²) in [6.45, 7) is 22.8. The smallest absolute Gasteiger partial charge is 0.657 e. The van der Waals surface area contributed by atoms with Crippen LogP contribution >= 0.6 is 0 Å². The SMILES string of the molecule is C=CCC(CC=C)c1ccc(-c2c3nc(c(-c4ccc(C)cc4)c4ccc([n-]4)c(-c4ccc(C)cc4)c4nc(c(-c5ccc(C)cc5)c5ccc2[n-]5)C=C4)C=C3)cc1.Cc1ccc(-c2c3nc(c(-c4ccc(C)cc4)c4ccc([n-]4)c(-c4ccc(C(C)(CCO)CCO)cc4)c4nc(c(-c5ccc(C)cc5)c5ccc2[n-]5)C=C4)C=C3)cc1.[Zn+2].[Zn+2]. The topological polar surface area (TPSA) is 148 Å². The van der Waals surface area contributed by atoms with Gasteiger partial charge in [0.15, 0.2) is 0 Å². The molecule has 0 radical (unpaired) electrons. The molecule has 0 spiro atoms. The zero-order valence-corrected chi connectivity index (χ0v) is 74.4. The molecule has 16 bridgehead atoms. The molecule has 0 saturated carbocycles. The summed E-state index contributed by atoms with van der Waals surface area (Å²) in [6.07, 6.45) is 23.7. The predicted octanol–water partition coefficient (Wildman–Crippen LogP) is 25.3. The Kier molecular flexibility index (Phi) is 24.3. The number of fused-ring (bicyclic) bond motifs is 16. The molecule has 4 aliphatic rings. The first-order valence-electron chi connectivity index (χ1n) is 40.3. The van der Waals surface area contributed by atoms with Crippen molar-refractivity contribution in [1.29, 1.82) is 0 Å². The summed E-state index contributed by atoms with van der Waals surface area (Å²) in [6, 6.07) is 85.8. The Hall–Kier alpha value is -12.4. The van der Waals surface area contributed by atoms with Crippen LogP contribution in [0.3, 0.4) is 0 Å². The molecule has 0 fully saturated rings. The Morgan fingerprint density at radius 3 is 0.630 bits per heavy atom. The van der Waals surface area contributed by atoms with Crippen LogP contribution in [0.5, 0.6) is 0 Å². The number of aliphatic hydroxyl groups excluding tert-OH is 2. The summed E-state index contributed by atoms with van der Waals surface area (Å²) in [5.74, 6) is 0.323. The van der Waals surface area contributed by atoms with Crippen molar-refractivity contribution in [3.63, 3.8) is 0 Å². The van der Waals surface area contributed by atoms with Crippen LogP contribution in [0, 0.1) is 41.5 Å². The monoisotopic (exact) mass is 1650 g/mol. The molecule has 18 rings (SSSR count). The number of hydrogen-bond acceptors (Lipinski definition) is 6. The van der Waals surface area contributed by atoms with Crippen LogP contribution in [0.1, 0.15) is 129 Å². The van der Waals surface area contributed by atoms with E-state index in [2.05, 4.69) is 353 Å². The van der Waals surface area contributed by atoms with Gasteiger partial charge in [-0.15, -0.1) is 57.3 Å². The second-order valence-corrected chi connectivity index (χ2v) is 31.4. The van der Waals surface area contributed by atoms with Crippen LogP contribution in [0.4, 0.5) is 0 Å². The van der Waals surface area contributed by atoms with E-state index in [0.29, 0.717) is 18.8 Å². The molecule has 0 aliphatic carbocycles. The Bertz CT molecular complexity index is 6550. The zero-order chi connectivity index (χ0) is 80.4. The van der Waals surface area contributed by atoms with Gasteiger partial charge in [0.1, 0.15) is 0 Å². The third-order valence-electron chi connectivity index (χ3n) is 23.0. The van der Waals surface area contributed by atoms with Crippen LogP contribution in [0.2, 0.25) is 0 Å². The zero-order valence-electron chi connectivity index (χ0n) is 68.5. The number of rotatable bonds is 18. The molecule has 119 heavy (non-hydrogen) atoms. The average molecular weight is 1650 g/mol. The van der Waals surface area contributed by atoms with Crippen molar-refractivity contribution in [2.75, 3.05) is 13.2 Å². The fourth-order valence-corrected chi connectivity index (χ4v) is 16.5. The summed E-state index contributed by atoms with van der Waals surface area (Å²) < 4.78 is 0. The Balaban J connectivity index is 0.000000183. The number of aromatic nitrogens is 8. The average Bonchev–Trinajstić information content (AvgIpc) is 1.62. The molecule has 8 aromatic carbocycles. The molecule has 4 aliphatic heterocycles.